The summed E-state index contributed by atoms with van der Waals surface area (Å²) in [6.07, 6.45) is -0.910. The average Bonchev–Trinajstić information content (AvgIpc) is 3.10. The number of carbonyl (C=O) groups is 3. The molecule has 146 valence electrons. The normalized spacial score (nSPS) is 17.3. The van der Waals surface area contributed by atoms with Crippen LogP contribution in [-0.4, -0.2) is 37.4 Å². The lowest BCUT2D eigenvalue weighted by molar-refractivity contribution is -0.151. The Morgan fingerprint density at radius 3 is 2.57 bits per heavy atom. The number of halogens is 1. The standard InChI is InChI=1S/C21H20ClNO5/c1-13(20(25)14-6-8-16(22)9-7-14)28-21(26)15-10-19(24)23(12-15)17-4-3-5-18(11-17)27-2/h3-9,11,13,15H,10,12H2,1-2H3. The van der Waals surface area contributed by atoms with Crippen molar-refractivity contribution in [2.75, 3.05) is 18.6 Å². The number of ether oxygens (including phenoxy) is 2. The van der Waals surface area contributed by atoms with Crippen molar-refractivity contribution in [1.82, 2.24) is 0 Å². The molecule has 1 saturated heterocycles. The van der Waals surface area contributed by atoms with E-state index in [1.165, 1.54) is 11.8 Å². The zero-order valence-electron chi connectivity index (χ0n) is 15.6. The van der Waals surface area contributed by atoms with Crippen LogP contribution in [-0.2, 0) is 14.3 Å². The first-order valence-corrected chi connectivity index (χ1v) is 9.21. The first kappa shape index (κ1) is 19.9. The van der Waals surface area contributed by atoms with Gasteiger partial charge in [0.25, 0.3) is 0 Å². The lowest BCUT2D eigenvalue weighted by atomic mass is 10.1. The molecule has 6 nitrogen and oxygen atoms in total. The SMILES string of the molecule is COc1cccc(N2CC(C(=O)OC(C)C(=O)c3ccc(Cl)cc3)CC2=O)c1. The number of ketones is 1. The highest BCUT2D eigenvalue weighted by molar-refractivity contribution is 6.30. The second-order valence-corrected chi connectivity index (χ2v) is 6.99. The van der Waals surface area contributed by atoms with E-state index in [0.29, 0.717) is 22.0 Å². The first-order chi connectivity index (χ1) is 13.4. The van der Waals surface area contributed by atoms with Crippen LogP contribution in [0.15, 0.2) is 48.5 Å². The van der Waals surface area contributed by atoms with Gasteiger partial charge >= 0.3 is 5.97 Å². The van der Waals surface area contributed by atoms with Gasteiger partial charge in [-0.25, -0.2) is 0 Å². The molecule has 1 heterocycles. The molecule has 0 bridgehead atoms. The lowest BCUT2D eigenvalue weighted by Gasteiger charge is -2.18. The molecule has 0 aromatic heterocycles. The molecule has 1 fully saturated rings. The van der Waals surface area contributed by atoms with Crippen molar-refractivity contribution >= 4 is 34.9 Å². The summed E-state index contributed by atoms with van der Waals surface area (Å²) in [5.41, 5.74) is 1.06. The number of methoxy groups -OCH3 is 1. The van der Waals surface area contributed by atoms with E-state index >= 15 is 0 Å². The molecule has 0 N–H and O–H groups in total. The number of carbonyl (C=O) groups excluding carboxylic acids is 3. The Labute approximate surface area is 168 Å². The second kappa shape index (κ2) is 8.44. The number of hydrogen-bond donors (Lipinski definition) is 0. The van der Waals surface area contributed by atoms with Crippen LogP contribution < -0.4 is 9.64 Å². The number of rotatable bonds is 6. The topological polar surface area (TPSA) is 72.9 Å². The third kappa shape index (κ3) is 4.34. The highest BCUT2D eigenvalue weighted by Gasteiger charge is 2.37. The number of nitrogens with zero attached hydrogens (tertiary/aromatic N) is 1. The van der Waals surface area contributed by atoms with Gasteiger partial charge in [0.1, 0.15) is 5.75 Å². The molecule has 0 saturated carbocycles. The van der Waals surface area contributed by atoms with Crippen LogP contribution >= 0.6 is 11.6 Å². The number of esters is 1. The van der Waals surface area contributed by atoms with Crippen LogP contribution in [0, 0.1) is 5.92 Å². The van der Waals surface area contributed by atoms with Gasteiger partial charge in [0.05, 0.1) is 13.0 Å². The van der Waals surface area contributed by atoms with Gasteiger partial charge in [-0.05, 0) is 43.3 Å². The summed E-state index contributed by atoms with van der Waals surface area (Å²) in [6, 6.07) is 13.4. The predicted octanol–water partition coefficient (Wildman–Crippen LogP) is 3.52. The zero-order chi connectivity index (χ0) is 20.3. The summed E-state index contributed by atoms with van der Waals surface area (Å²) >= 11 is 5.82. The summed E-state index contributed by atoms with van der Waals surface area (Å²) in [6.45, 7) is 1.72. The van der Waals surface area contributed by atoms with E-state index < -0.39 is 18.0 Å². The number of Topliss-reactive ketones (excluding diaryl/α,β-unsaturated/α-hetero) is 1. The molecular weight excluding hydrogens is 382 g/mol. The van der Waals surface area contributed by atoms with Crippen molar-refractivity contribution in [2.24, 2.45) is 5.92 Å². The average molecular weight is 402 g/mol. The number of anilines is 1. The van der Waals surface area contributed by atoms with Gasteiger partial charge in [-0.15, -0.1) is 0 Å². The van der Waals surface area contributed by atoms with Crippen molar-refractivity contribution in [2.45, 2.75) is 19.4 Å². The van der Waals surface area contributed by atoms with Crippen molar-refractivity contribution < 1.29 is 23.9 Å². The molecule has 3 rings (SSSR count). The van der Waals surface area contributed by atoms with Crippen LogP contribution in [0.25, 0.3) is 0 Å². The Bertz CT molecular complexity index is 896. The minimum atomic E-state index is -0.949. The van der Waals surface area contributed by atoms with Crippen LogP contribution in [0.2, 0.25) is 5.02 Å². The molecule has 1 aliphatic heterocycles. The molecule has 0 aliphatic carbocycles. The summed E-state index contributed by atoms with van der Waals surface area (Å²) in [5.74, 6) is -1.06. The highest BCUT2D eigenvalue weighted by atomic mass is 35.5. The molecule has 7 heteroatoms. The molecule has 28 heavy (non-hydrogen) atoms. The second-order valence-electron chi connectivity index (χ2n) is 6.56. The van der Waals surface area contributed by atoms with Crippen LogP contribution in [0.1, 0.15) is 23.7 Å². The maximum absolute atomic E-state index is 12.5. The number of hydrogen-bond acceptors (Lipinski definition) is 5. The summed E-state index contributed by atoms with van der Waals surface area (Å²) in [7, 11) is 1.55. The molecule has 2 aromatic carbocycles. The van der Waals surface area contributed by atoms with Gasteiger partial charge in [-0.3, -0.25) is 14.4 Å². The highest BCUT2D eigenvalue weighted by Crippen LogP contribution is 2.28. The van der Waals surface area contributed by atoms with E-state index in [-0.39, 0.29) is 24.7 Å². The van der Waals surface area contributed by atoms with Gasteiger partial charge in [0.15, 0.2) is 6.10 Å². The smallest absolute Gasteiger partial charge is 0.312 e. The van der Waals surface area contributed by atoms with Crippen molar-refractivity contribution in [3.8, 4) is 5.75 Å². The number of benzene rings is 2. The quantitative estimate of drug-likeness (QED) is 0.547. The molecule has 0 radical (unpaired) electrons. The maximum Gasteiger partial charge on any atom is 0.312 e. The van der Waals surface area contributed by atoms with Crippen LogP contribution in [0.3, 0.4) is 0 Å². The molecule has 2 unspecified atom stereocenters. The van der Waals surface area contributed by atoms with E-state index in [9.17, 15) is 14.4 Å². The Morgan fingerprint density at radius 1 is 1.18 bits per heavy atom. The summed E-state index contributed by atoms with van der Waals surface area (Å²) in [4.78, 5) is 38.8. The molecule has 1 amide bonds. The van der Waals surface area contributed by atoms with Gasteiger partial charge < -0.3 is 14.4 Å². The minimum absolute atomic E-state index is 0.0396. The van der Waals surface area contributed by atoms with Crippen LogP contribution in [0.4, 0.5) is 5.69 Å². The lowest BCUT2D eigenvalue weighted by Crippen LogP contribution is -2.30. The summed E-state index contributed by atoms with van der Waals surface area (Å²) in [5, 5.41) is 0.517. The van der Waals surface area contributed by atoms with Gasteiger partial charge in [-0.1, -0.05) is 17.7 Å². The fraction of sp³-hybridized carbons (Fsp3) is 0.286. The molecule has 2 aromatic rings. The maximum atomic E-state index is 12.5. The van der Waals surface area contributed by atoms with Gasteiger partial charge in [0.2, 0.25) is 11.7 Å². The fourth-order valence-electron chi connectivity index (χ4n) is 3.07. The van der Waals surface area contributed by atoms with Gasteiger partial charge in [0, 0.05) is 35.3 Å². The van der Waals surface area contributed by atoms with Crippen molar-refractivity contribution in [3.05, 3.63) is 59.1 Å². The molecule has 2 atom stereocenters. The van der Waals surface area contributed by atoms with Crippen molar-refractivity contribution in [3.63, 3.8) is 0 Å². The van der Waals surface area contributed by atoms with E-state index in [1.54, 1.807) is 55.6 Å². The predicted molar refractivity (Wildman–Crippen MR) is 105 cm³/mol. The van der Waals surface area contributed by atoms with E-state index in [1.807, 2.05) is 0 Å². The van der Waals surface area contributed by atoms with Gasteiger partial charge in [-0.2, -0.15) is 0 Å². The minimum Gasteiger partial charge on any atom is -0.497 e. The van der Waals surface area contributed by atoms with Crippen LogP contribution in [0.5, 0.6) is 5.75 Å². The Kier molecular flexibility index (Phi) is 5.99. The molecule has 0 spiro atoms. The van der Waals surface area contributed by atoms with E-state index in [4.69, 9.17) is 21.1 Å². The first-order valence-electron chi connectivity index (χ1n) is 8.83. The largest absolute Gasteiger partial charge is 0.497 e. The Balaban J connectivity index is 1.64. The third-order valence-electron chi connectivity index (χ3n) is 4.61. The summed E-state index contributed by atoms with van der Waals surface area (Å²) < 4.78 is 10.5. The number of amides is 1. The van der Waals surface area contributed by atoms with Crippen molar-refractivity contribution in [1.29, 1.82) is 0 Å². The molecule has 1 aliphatic rings. The molecular formula is C21H20ClNO5. The van der Waals surface area contributed by atoms with E-state index in [2.05, 4.69) is 0 Å². The Hall–Kier alpha value is -2.86. The Morgan fingerprint density at radius 2 is 1.89 bits per heavy atom. The monoisotopic (exact) mass is 401 g/mol. The third-order valence-corrected chi connectivity index (χ3v) is 4.87. The fourth-order valence-corrected chi connectivity index (χ4v) is 3.19. The van der Waals surface area contributed by atoms with E-state index in [0.717, 1.165) is 0 Å². The zero-order valence-corrected chi connectivity index (χ0v) is 16.3.